The molecule has 4 nitrogen and oxygen atoms in total. The second kappa shape index (κ2) is 8.58. The number of ether oxygens (including phenoxy) is 2. The zero-order chi connectivity index (χ0) is 17.6. The largest absolute Gasteiger partial charge is 0.573 e. The molecule has 0 amide bonds. The number of hydrogen-bond donors (Lipinski definition) is 1. The Labute approximate surface area is 140 Å². The van der Waals surface area contributed by atoms with E-state index in [4.69, 9.17) is 4.74 Å². The van der Waals surface area contributed by atoms with Gasteiger partial charge in [0.1, 0.15) is 11.5 Å². The van der Waals surface area contributed by atoms with Gasteiger partial charge in [0.15, 0.2) is 0 Å². The summed E-state index contributed by atoms with van der Waals surface area (Å²) in [5.41, 5.74) is 0.919. The average Bonchev–Trinajstić information content (AvgIpc) is 2.55. The zero-order valence-electron chi connectivity index (χ0n) is 14.2. The molecule has 0 radical (unpaired) electrons. The molecular formula is C17H25F3N2O2. The minimum atomic E-state index is -4.70. The summed E-state index contributed by atoms with van der Waals surface area (Å²) in [5.74, 6) is 0.189. The fourth-order valence-corrected chi connectivity index (χ4v) is 3.09. The molecule has 1 aromatic carbocycles. The molecule has 1 N–H and O–H groups in total. The van der Waals surface area contributed by atoms with Crippen molar-refractivity contribution in [3.63, 3.8) is 0 Å². The quantitative estimate of drug-likeness (QED) is 0.816. The molecule has 1 aliphatic heterocycles. The summed E-state index contributed by atoms with van der Waals surface area (Å²) in [4.78, 5) is 2.37. The second-order valence-electron chi connectivity index (χ2n) is 5.90. The van der Waals surface area contributed by atoms with E-state index in [2.05, 4.69) is 21.9 Å². The number of hydrogen-bond acceptors (Lipinski definition) is 4. The lowest BCUT2D eigenvalue weighted by atomic mass is 9.97. The molecule has 0 saturated carbocycles. The first-order chi connectivity index (χ1) is 11.4. The minimum absolute atomic E-state index is 0.141. The van der Waals surface area contributed by atoms with E-state index < -0.39 is 6.36 Å². The highest BCUT2D eigenvalue weighted by Crippen LogP contribution is 2.37. The van der Waals surface area contributed by atoms with E-state index >= 15 is 0 Å². The summed E-state index contributed by atoms with van der Waals surface area (Å²) in [5, 5.41) is 3.32. The number of nitrogens with one attached hydrogen (secondary N) is 1. The van der Waals surface area contributed by atoms with E-state index in [0.29, 0.717) is 5.75 Å². The SMILES string of the molecule is CCCC[C@@H](c1ccc(OC(F)(F)F)cc1OC)N1CCNCC1. The molecule has 1 aliphatic rings. The fraction of sp³-hybridized carbons (Fsp3) is 0.647. The van der Waals surface area contributed by atoms with Crippen molar-refractivity contribution < 1.29 is 22.6 Å². The molecule has 1 heterocycles. The lowest BCUT2D eigenvalue weighted by Crippen LogP contribution is -2.45. The third kappa shape index (κ3) is 5.27. The number of piperazine rings is 1. The maximum absolute atomic E-state index is 12.4. The zero-order valence-corrected chi connectivity index (χ0v) is 14.2. The van der Waals surface area contributed by atoms with Gasteiger partial charge in [-0.05, 0) is 12.5 Å². The van der Waals surface area contributed by atoms with E-state index in [1.54, 1.807) is 6.07 Å². The average molecular weight is 346 g/mol. The van der Waals surface area contributed by atoms with E-state index in [9.17, 15) is 13.2 Å². The second-order valence-corrected chi connectivity index (χ2v) is 5.90. The van der Waals surface area contributed by atoms with Gasteiger partial charge < -0.3 is 14.8 Å². The third-order valence-electron chi connectivity index (χ3n) is 4.22. The molecule has 136 valence electrons. The first-order valence-corrected chi connectivity index (χ1v) is 8.33. The van der Waals surface area contributed by atoms with Crippen LogP contribution in [0.3, 0.4) is 0 Å². The van der Waals surface area contributed by atoms with Crippen LogP contribution in [-0.4, -0.2) is 44.6 Å². The van der Waals surface area contributed by atoms with E-state index in [0.717, 1.165) is 51.0 Å². The van der Waals surface area contributed by atoms with Crippen molar-refractivity contribution in [3.05, 3.63) is 23.8 Å². The van der Waals surface area contributed by atoms with Gasteiger partial charge in [-0.3, -0.25) is 4.90 Å². The van der Waals surface area contributed by atoms with Gasteiger partial charge in [-0.1, -0.05) is 25.8 Å². The van der Waals surface area contributed by atoms with Crippen LogP contribution in [-0.2, 0) is 0 Å². The Morgan fingerprint density at radius 1 is 1.25 bits per heavy atom. The smallest absolute Gasteiger partial charge is 0.496 e. The summed E-state index contributed by atoms with van der Waals surface area (Å²) < 4.78 is 46.6. The first-order valence-electron chi connectivity index (χ1n) is 8.33. The van der Waals surface area contributed by atoms with Gasteiger partial charge in [0.2, 0.25) is 0 Å². The predicted molar refractivity (Wildman–Crippen MR) is 86.4 cm³/mol. The highest BCUT2D eigenvalue weighted by atomic mass is 19.4. The van der Waals surface area contributed by atoms with Crippen molar-refractivity contribution in [1.29, 1.82) is 0 Å². The molecule has 1 saturated heterocycles. The number of rotatable bonds is 7. The highest BCUT2D eigenvalue weighted by molar-refractivity contribution is 5.42. The number of methoxy groups -OCH3 is 1. The molecule has 24 heavy (non-hydrogen) atoms. The Kier molecular flexibility index (Phi) is 6.74. The Morgan fingerprint density at radius 3 is 2.54 bits per heavy atom. The van der Waals surface area contributed by atoms with Crippen molar-refractivity contribution in [2.24, 2.45) is 0 Å². The Bertz CT molecular complexity index is 517. The molecule has 2 rings (SSSR count). The van der Waals surface area contributed by atoms with Gasteiger partial charge in [0.05, 0.1) is 7.11 Å². The minimum Gasteiger partial charge on any atom is -0.496 e. The monoisotopic (exact) mass is 346 g/mol. The van der Waals surface area contributed by atoms with Crippen LogP contribution in [0.25, 0.3) is 0 Å². The van der Waals surface area contributed by atoms with Crippen molar-refractivity contribution >= 4 is 0 Å². The van der Waals surface area contributed by atoms with Crippen LogP contribution in [0.4, 0.5) is 13.2 Å². The normalized spacial score (nSPS) is 17.5. The fourth-order valence-electron chi connectivity index (χ4n) is 3.09. The van der Waals surface area contributed by atoms with Crippen molar-refractivity contribution in [3.8, 4) is 11.5 Å². The van der Waals surface area contributed by atoms with Crippen molar-refractivity contribution in [2.75, 3.05) is 33.3 Å². The van der Waals surface area contributed by atoms with E-state index in [1.807, 2.05) is 0 Å². The van der Waals surface area contributed by atoms with Crippen molar-refractivity contribution in [2.45, 2.75) is 38.6 Å². The number of unbranched alkanes of at least 4 members (excludes halogenated alkanes) is 1. The summed E-state index contributed by atoms with van der Waals surface area (Å²) in [6.07, 6.45) is -1.63. The van der Waals surface area contributed by atoms with Gasteiger partial charge in [-0.25, -0.2) is 0 Å². The molecular weight excluding hydrogens is 321 g/mol. The van der Waals surface area contributed by atoms with Gasteiger partial charge in [0, 0.05) is 43.9 Å². The van der Waals surface area contributed by atoms with Crippen LogP contribution in [0.1, 0.15) is 37.8 Å². The highest BCUT2D eigenvalue weighted by Gasteiger charge is 2.32. The molecule has 7 heteroatoms. The molecule has 0 aliphatic carbocycles. The lowest BCUT2D eigenvalue weighted by molar-refractivity contribution is -0.274. The predicted octanol–water partition coefficient (Wildman–Crippen LogP) is 3.73. The molecule has 0 spiro atoms. The molecule has 1 atom stereocenters. The molecule has 0 bridgehead atoms. The maximum Gasteiger partial charge on any atom is 0.573 e. The third-order valence-corrected chi connectivity index (χ3v) is 4.22. The lowest BCUT2D eigenvalue weighted by Gasteiger charge is -2.36. The molecule has 0 aromatic heterocycles. The number of alkyl halides is 3. The van der Waals surface area contributed by atoms with Gasteiger partial charge in [-0.2, -0.15) is 0 Å². The van der Waals surface area contributed by atoms with E-state index in [1.165, 1.54) is 19.2 Å². The number of benzene rings is 1. The summed E-state index contributed by atoms with van der Waals surface area (Å²) in [7, 11) is 1.48. The van der Waals surface area contributed by atoms with Crippen LogP contribution in [0, 0.1) is 0 Å². The van der Waals surface area contributed by atoms with Gasteiger partial charge in [-0.15, -0.1) is 13.2 Å². The van der Waals surface area contributed by atoms with Gasteiger partial charge in [0.25, 0.3) is 0 Å². The number of nitrogens with zero attached hydrogens (tertiary/aromatic N) is 1. The standard InChI is InChI=1S/C17H25F3N2O2/c1-3-4-5-15(22-10-8-21-9-11-22)14-7-6-13(12-16(14)23-2)24-17(18,19)20/h6-7,12,15,21H,3-5,8-11H2,1-2H3/t15-/m0/s1. The summed E-state index contributed by atoms with van der Waals surface area (Å²) >= 11 is 0. The summed E-state index contributed by atoms with van der Waals surface area (Å²) in [6.45, 7) is 5.80. The number of halogens is 3. The Hall–Kier alpha value is -1.47. The van der Waals surface area contributed by atoms with Crippen LogP contribution in [0.2, 0.25) is 0 Å². The van der Waals surface area contributed by atoms with Crippen LogP contribution in [0.15, 0.2) is 18.2 Å². The van der Waals surface area contributed by atoms with Crippen LogP contribution in [0.5, 0.6) is 11.5 Å². The maximum atomic E-state index is 12.4. The van der Waals surface area contributed by atoms with Gasteiger partial charge >= 0.3 is 6.36 Å². The van der Waals surface area contributed by atoms with Crippen molar-refractivity contribution in [1.82, 2.24) is 10.2 Å². The molecule has 1 fully saturated rings. The van der Waals surface area contributed by atoms with Crippen LogP contribution < -0.4 is 14.8 Å². The first kappa shape index (κ1) is 18.9. The van der Waals surface area contributed by atoms with E-state index in [-0.39, 0.29) is 11.8 Å². The molecule has 1 aromatic rings. The van der Waals surface area contributed by atoms with Crippen LogP contribution >= 0.6 is 0 Å². The molecule has 0 unspecified atom stereocenters. The Morgan fingerprint density at radius 2 is 1.96 bits per heavy atom. The topological polar surface area (TPSA) is 33.7 Å². The Balaban J connectivity index is 2.26. The summed E-state index contributed by atoms with van der Waals surface area (Å²) in [6, 6.07) is 4.53.